The van der Waals surface area contributed by atoms with Gasteiger partial charge in [-0.1, -0.05) is 54.1 Å². The number of rotatable bonds is 5. The molecule has 2 aromatic carbocycles. The number of ketones is 1. The van der Waals surface area contributed by atoms with Gasteiger partial charge in [0.05, 0.1) is 0 Å². The van der Waals surface area contributed by atoms with Gasteiger partial charge in [0.2, 0.25) is 0 Å². The van der Waals surface area contributed by atoms with Crippen LogP contribution in [0.4, 0.5) is 0 Å². The first-order valence-electron chi connectivity index (χ1n) is 8.56. The average molecular weight is 327 g/mol. The van der Waals surface area contributed by atoms with Crippen molar-refractivity contribution in [3.8, 4) is 0 Å². The molecule has 0 aliphatic heterocycles. The van der Waals surface area contributed by atoms with Crippen molar-refractivity contribution in [1.82, 2.24) is 0 Å². The van der Waals surface area contributed by atoms with Gasteiger partial charge >= 0.3 is 0 Å². The number of hydrogen-bond acceptors (Lipinski definition) is 1. The van der Waals surface area contributed by atoms with Crippen molar-refractivity contribution in [2.75, 3.05) is 0 Å². The first-order valence-corrected chi connectivity index (χ1v) is 8.94. The molecular formula is C21H23ClO. The molecule has 0 radical (unpaired) electrons. The number of benzene rings is 2. The van der Waals surface area contributed by atoms with Gasteiger partial charge in [-0.25, -0.2) is 0 Å². The van der Waals surface area contributed by atoms with Gasteiger partial charge in [0.15, 0.2) is 5.78 Å². The Bertz CT molecular complexity index is 642. The van der Waals surface area contributed by atoms with E-state index in [1.165, 1.54) is 31.2 Å². The largest absolute Gasteiger partial charge is 0.294 e. The molecule has 3 rings (SSSR count). The van der Waals surface area contributed by atoms with E-state index >= 15 is 0 Å². The molecule has 1 saturated carbocycles. The molecule has 23 heavy (non-hydrogen) atoms. The van der Waals surface area contributed by atoms with E-state index in [0.29, 0.717) is 23.3 Å². The van der Waals surface area contributed by atoms with Crippen molar-refractivity contribution in [3.63, 3.8) is 0 Å². The number of Topliss-reactive ketones (excluding diaryl/α,β-unsaturated/α-hetero) is 1. The second-order valence-electron chi connectivity index (χ2n) is 6.60. The lowest BCUT2D eigenvalue weighted by molar-refractivity contribution is 0.0969. The zero-order valence-corrected chi connectivity index (χ0v) is 14.1. The van der Waals surface area contributed by atoms with Crippen LogP contribution < -0.4 is 0 Å². The minimum absolute atomic E-state index is 0.220. The number of halogens is 1. The minimum atomic E-state index is 0.220. The Balaban J connectivity index is 1.47. The second kappa shape index (κ2) is 7.79. The normalized spacial score (nSPS) is 21.1. The molecule has 0 bridgehead atoms. The fraction of sp³-hybridized carbons (Fsp3) is 0.381. The summed E-state index contributed by atoms with van der Waals surface area (Å²) in [6, 6.07) is 18.1. The highest BCUT2D eigenvalue weighted by Crippen LogP contribution is 2.37. The lowest BCUT2D eigenvalue weighted by atomic mass is 9.77. The summed E-state index contributed by atoms with van der Waals surface area (Å²) in [6.45, 7) is 0. The Kier molecular flexibility index (Phi) is 5.51. The molecule has 0 amide bonds. The fourth-order valence-electron chi connectivity index (χ4n) is 3.65. The highest BCUT2D eigenvalue weighted by atomic mass is 35.5. The van der Waals surface area contributed by atoms with Crippen LogP contribution in [0.25, 0.3) is 0 Å². The van der Waals surface area contributed by atoms with Crippen LogP contribution in [0.2, 0.25) is 5.02 Å². The third-order valence-corrected chi connectivity index (χ3v) is 5.28. The van der Waals surface area contributed by atoms with E-state index in [1.54, 1.807) is 6.07 Å². The topological polar surface area (TPSA) is 17.1 Å². The quantitative estimate of drug-likeness (QED) is 0.591. The molecule has 2 heteroatoms. The summed E-state index contributed by atoms with van der Waals surface area (Å²) in [5, 5.41) is 0.638. The Morgan fingerprint density at radius 1 is 0.957 bits per heavy atom. The average Bonchev–Trinajstić information content (AvgIpc) is 2.61. The SMILES string of the molecule is O=C(CCC1CCC(c2ccccc2)CC1)c1cccc(Cl)c1. The summed E-state index contributed by atoms with van der Waals surface area (Å²) in [6.07, 6.45) is 6.62. The Morgan fingerprint density at radius 2 is 1.70 bits per heavy atom. The molecule has 1 fully saturated rings. The third kappa shape index (κ3) is 4.45. The fourth-order valence-corrected chi connectivity index (χ4v) is 3.84. The van der Waals surface area contributed by atoms with E-state index < -0.39 is 0 Å². The van der Waals surface area contributed by atoms with Crippen molar-refractivity contribution in [1.29, 1.82) is 0 Å². The van der Waals surface area contributed by atoms with Gasteiger partial charge in [0.1, 0.15) is 0 Å². The zero-order valence-electron chi connectivity index (χ0n) is 13.4. The molecule has 0 aromatic heterocycles. The summed E-state index contributed by atoms with van der Waals surface area (Å²) < 4.78 is 0. The summed E-state index contributed by atoms with van der Waals surface area (Å²) in [5.41, 5.74) is 2.22. The van der Waals surface area contributed by atoms with Gasteiger partial charge in [-0.3, -0.25) is 4.79 Å². The lowest BCUT2D eigenvalue weighted by Gasteiger charge is -2.28. The minimum Gasteiger partial charge on any atom is -0.294 e. The van der Waals surface area contributed by atoms with Crippen LogP contribution in [0.5, 0.6) is 0 Å². The van der Waals surface area contributed by atoms with Gasteiger partial charge in [0.25, 0.3) is 0 Å². The molecule has 1 aliphatic carbocycles. The number of carbonyl (C=O) groups is 1. The maximum absolute atomic E-state index is 12.3. The van der Waals surface area contributed by atoms with Crippen LogP contribution in [0, 0.1) is 5.92 Å². The van der Waals surface area contributed by atoms with Crippen molar-refractivity contribution in [3.05, 3.63) is 70.7 Å². The summed E-state index contributed by atoms with van der Waals surface area (Å²) in [5.74, 6) is 1.62. The molecule has 0 unspecified atom stereocenters. The Hall–Kier alpha value is -1.60. The van der Waals surface area contributed by atoms with Crippen LogP contribution in [-0.2, 0) is 0 Å². The molecular weight excluding hydrogens is 304 g/mol. The standard InChI is InChI=1S/C21H23ClO/c22-20-8-4-7-19(15-20)21(23)14-11-16-9-12-18(13-10-16)17-5-2-1-3-6-17/h1-8,15-16,18H,9-14H2. The zero-order chi connectivity index (χ0) is 16.1. The predicted molar refractivity (Wildman–Crippen MR) is 96.2 cm³/mol. The van der Waals surface area contributed by atoms with Crippen LogP contribution >= 0.6 is 11.6 Å². The second-order valence-corrected chi connectivity index (χ2v) is 7.04. The van der Waals surface area contributed by atoms with Gasteiger partial charge < -0.3 is 0 Å². The highest BCUT2D eigenvalue weighted by molar-refractivity contribution is 6.31. The number of carbonyl (C=O) groups excluding carboxylic acids is 1. The van der Waals surface area contributed by atoms with Gasteiger partial charge in [0, 0.05) is 17.0 Å². The van der Waals surface area contributed by atoms with E-state index in [1.807, 2.05) is 18.2 Å². The van der Waals surface area contributed by atoms with Gasteiger partial charge in [-0.05, 0) is 61.6 Å². The summed E-state index contributed by atoms with van der Waals surface area (Å²) >= 11 is 5.96. The maximum Gasteiger partial charge on any atom is 0.162 e. The van der Waals surface area contributed by atoms with Crippen molar-refractivity contribution >= 4 is 17.4 Å². The van der Waals surface area contributed by atoms with E-state index in [4.69, 9.17) is 11.6 Å². The first kappa shape index (κ1) is 16.3. The Labute approximate surface area is 143 Å². The lowest BCUT2D eigenvalue weighted by Crippen LogP contribution is -2.14. The molecule has 2 aromatic rings. The van der Waals surface area contributed by atoms with Crippen LogP contribution in [-0.4, -0.2) is 5.78 Å². The molecule has 0 atom stereocenters. The van der Waals surface area contributed by atoms with Gasteiger partial charge in [-0.15, -0.1) is 0 Å². The molecule has 1 nitrogen and oxygen atoms in total. The summed E-state index contributed by atoms with van der Waals surface area (Å²) in [7, 11) is 0. The van der Waals surface area contributed by atoms with E-state index in [-0.39, 0.29) is 5.78 Å². The van der Waals surface area contributed by atoms with Crippen molar-refractivity contribution < 1.29 is 4.79 Å². The van der Waals surface area contributed by atoms with E-state index in [0.717, 1.165) is 12.0 Å². The first-order chi connectivity index (χ1) is 11.2. The van der Waals surface area contributed by atoms with E-state index in [9.17, 15) is 4.79 Å². The summed E-state index contributed by atoms with van der Waals surface area (Å²) in [4.78, 5) is 12.3. The van der Waals surface area contributed by atoms with E-state index in [2.05, 4.69) is 30.3 Å². The smallest absolute Gasteiger partial charge is 0.162 e. The molecule has 0 N–H and O–H groups in total. The molecule has 0 spiro atoms. The third-order valence-electron chi connectivity index (χ3n) is 5.04. The molecule has 0 saturated heterocycles. The van der Waals surface area contributed by atoms with Crippen LogP contribution in [0.1, 0.15) is 60.4 Å². The van der Waals surface area contributed by atoms with Crippen LogP contribution in [0.15, 0.2) is 54.6 Å². The molecule has 0 heterocycles. The van der Waals surface area contributed by atoms with Crippen molar-refractivity contribution in [2.45, 2.75) is 44.4 Å². The number of hydrogen-bond donors (Lipinski definition) is 0. The maximum atomic E-state index is 12.3. The highest BCUT2D eigenvalue weighted by Gasteiger charge is 2.22. The van der Waals surface area contributed by atoms with Gasteiger partial charge in [-0.2, -0.15) is 0 Å². The van der Waals surface area contributed by atoms with Crippen LogP contribution in [0.3, 0.4) is 0 Å². The predicted octanol–water partition coefficient (Wildman–Crippen LogP) is 6.28. The molecule has 120 valence electrons. The molecule has 1 aliphatic rings. The Morgan fingerprint density at radius 3 is 2.39 bits per heavy atom. The van der Waals surface area contributed by atoms with Crippen molar-refractivity contribution in [2.24, 2.45) is 5.92 Å². The monoisotopic (exact) mass is 326 g/mol.